The number of imide groups is 1. The molecule has 1 aliphatic rings. The number of nitrogens with one attached hydrogen (secondary N) is 1. The minimum absolute atomic E-state index is 0.118. The number of halogens is 3. The molecule has 0 spiro atoms. The summed E-state index contributed by atoms with van der Waals surface area (Å²) >= 11 is 0. The third kappa shape index (κ3) is 4.49. The number of rotatable bonds is 6. The second-order valence-electron chi connectivity index (χ2n) is 10.3. The van der Waals surface area contributed by atoms with E-state index >= 15 is 0 Å². The van der Waals surface area contributed by atoms with Gasteiger partial charge in [-0.05, 0) is 59.7 Å². The molecular weight excluding hydrogens is 545 g/mol. The Morgan fingerprint density at radius 2 is 1.26 bits per heavy atom. The molecule has 6 rings (SSSR count). The van der Waals surface area contributed by atoms with Gasteiger partial charge in [0.1, 0.15) is 11.3 Å². The highest BCUT2D eigenvalue weighted by Crippen LogP contribution is 2.47. The number of hydrogen-bond acceptors (Lipinski definition) is 5. The number of hydrogen-bond donors (Lipinski definition) is 1. The normalized spacial score (nSPS) is 18.7. The number of amides is 3. The van der Waals surface area contributed by atoms with Crippen molar-refractivity contribution in [2.75, 3.05) is 4.90 Å². The molecule has 0 saturated carbocycles. The lowest BCUT2D eigenvalue weighted by atomic mass is 9.69. The number of nitrogens with zero attached hydrogens (tertiary/aromatic N) is 3. The van der Waals surface area contributed by atoms with E-state index in [1.54, 1.807) is 12.4 Å². The summed E-state index contributed by atoms with van der Waals surface area (Å²) in [6.07, 6.45) is -1.53. The van der Waals surface area contributed by atoms with E-state index in [4.69, 9.17) is 0 Å². The van der Waals surface area contributed by atoms with Crippen LogP contribution < -0.4 is 15.0 Å². The largest absolute Gasteiger partial charge is 0.573 e. The molecule has 3 aromatic carbocycles. The number of alkyl halides is 3. The average Bonchev–Trinajstić information content (AvgIpc) is 3.25. The fourth-order valence-electron chi connectivity index (χ4n) is 6.04. The van der Waals surface area contributed by atoms with Crippen molar-refractivity contribution in [3.63, 3.8) is 0 Å². The van der Waals surface area contributed by atoms with Gasteiger partial charge in [-0.2, -0.15) is 0 Å². The van der Waals surface area contributed by atoms with Crippen LogP contribution in [0, 0.1) is 0 Å². The summed E-state index contributed by atoms with van der Waals surface area (Å²) in [6, 6.07) is 22.8. The Hall–Kier alpha value is -4.99. The number of pyridine rings is 2. The van der Waals surface area contributed by atoms with Crippen LogP contribution in [0.25, 0.3) is 21.8 Å². The topological polar surface area (TPSA) is 84.4 Å². The van der Waals surface area contributed by atoms with Gasteiger partial charge in [0.15, 0.2) is 0 Å². The van der Waals surface area contributed by atoms with Crippen molar-refractivity contribution in [3.8, 4) is 5.75 Å². The average molecular weight is 571 g/mol. The third-order valence-corrected chi connectivity index (χ3v) is 8.07. The predicted octanol–water partition coefficient (Wildman–Crippen LogP) is 7.08. The Labute approximate surface area is 239 Å². The van der Waals surface area contributed by atoms with Crippen molar-refractivity contribution in [3.05, 3.63) is 108 Å². The molecule has 3 heterocycles. The molecule has 0 aliphatic carbocycles. The summed E-state index contributed by atoms with van der Waals surface area (Å²) < 4.78 is 42.2. The molecule has 5 aromatic rings. The van der Waals surface area contributed by atoms with Gasteiger partial charge in [-0.3, -0.25) is 14.8 Å². The lowest BCUT2D eigenvalue weighted by Crippen LogP contribution is -2.55. The predicted molar refractivity (Wildman–Crippen MR) is 152 cm³/mol. The molecule has 1 aliphatic heterocycles. The zero-order valence-electron chi connectivity index (χ0n) is 22.6. The second kappa shape index (κ2) is 10.1. The maximum absolute atomic E-state index is 14.7. The number of carbonyl (C=O) groups is 2. The third-order valence-electron chi connectivity index (χ3n) is 8.07. The monoisotopic (exact) mass is 570 g/mol. The minimum Gasteiger partial charge on any atom is -0.406 e. The zero-order chi connectivity index (χ0) is 29.6. The van der Waals surface area contributed by atoms with Crippen molar-refractivity contribution < 1.29 is 27.5 Å². The van der Waals surface area contributed by atoms with E-state index in [-0.39, 0.29) is 5.69 Å². The van der Waals surface area contributed by atoms with Crippen LogP contribution in [0.5, 0.6) is 5.75 Å². The number of aromatic nitrogens is 2. The van der Waals surface area contributed by atoms with E-state index in [0.717, 1.165) is 50.0 Å². The molecule has 1 saturated heterocycles. The molecule has 2 atom stereocenters. The van der Waals surface area contributed by atoms with Gasteiger partial charge >= 0.3 is 12.4 Å². The van der Waals surface area contributed by atoms with E-state index in [1.165, 1.54) is 12.1 Å². The van der Waals surface area contributed by atoms with E-state index in [2.05, 4.69) is 20.0 Å². The number of benzene rings is 3. The fraction of sp³-hybridized carbons (Fsp3) is 0.188. The van der Waals surface area contributed by atoms with Crippen molar-refractivity contribution in [1.82, 2.24) is 15.3 Å². The van der Waals surface area contributed by atoms with E-state index in [1.807, 2.05) is 74.5 Å². The van der Waals surface area contributed by atoms with E-state index < -0.39 is 41.4 Å². The molecule has 0 radical (unpaired) electrons. The Balaban J connectivity index is 1.51. The minimum atomic E-state index is -4.87. The second-order valence-corrected chi connectivity index (χ2v) is 10.3. The summed E-state index contributed by atoms with van der Waals surface area (Å²) in [7, 11) is 0. The lowest BCUT2D eigenvalue weighted by molar-refractivity contribution is -0.274. The van der Waals surface area contributed by atoms with E-state index in [9.17, 15) is 22.8 Å². The summed E-state index contributed by atoms with van der Waals surface area (Å²) in [5.74, 6) is -2.10. The highest BCUT2D eigenvalue weighted by atomic mass is 19.4. The smallest absolute Gasteiger partial charge is 0.406 e. The Bertz CT molecular complexity index is 1730. The zero-order valence-corrected chi connectivity index (χ0v) is 22.6. The Kier molecular flexibility index (Phi) is 6.56. The number of carbonyl (C=O) groups excluding carboxylic acids is 2. The van der Waals surface area contributed by atoms with Crippen LogP contribution >= 0.6 is 0 Å². The fourth-order valence-corrected chi connectivity index (χ4v) is 6.04. The van der Waals surface area contributed by atoms with Gasteiger partial charge in [0.2, 0.25) is 0 Å². The first-order chi connectivity index (χ1) is 20.1. The van der Waals surface area contributed by atoms with Crippen LogP contribution in [-0.4, -0.2) is 33.8 Å². The number of fused-ring (bicyclic) bond motifs is 2. The lowest BCUT2D eigenvalue weighted by Gasteiger charge is -2.39. The van der Waals surface area contributed by atoms with Crippen LogP contribution in [-0.2, 0) is 4.79 Å². The van der Waals surface area contributed by atoms with Crippen molar-refractivity contribution >= 4 is 39.4 Å². The Morgan fingerprint density at radius 1 is 0.762 bits per heavy atom. The maximum atomic E-state index is 14.7. The first kappa shape index (κ1) is 27.2. The van der Waals surface area contributed by atoms with Gasteiger partial charge < -0.3 is 10.1 Å². The van der Waals surface area contributed by atoms with Gasteiger partial charge in [-0.25, -0.2) is 9.69 Å². The number of para-hydroxylation sites is 2. The van der Waals surface area contributed by atoms with Gasteiger partial charge in [-0.1, -0.05) is 50.2 Å². The SMILES string of the molecule is CC(c1ccnc2ccccc12)C1(C(C)c2ccnc3ccccc23)NC(=O)N(c2ccc(OC(F)(F)F)cc2)C1=O. The first-order valence-corrected chi connectivity index (χ1v) is 13.3. The quantitative estimate of drug-likeness (QED) is 0.221. The number of ether oxygens (including phenoxy) is 1. The van der Waals surface area contributed by atoms with Gasteiger partial charge in [-0.15, -0.1) is 13.2 Å². The van der Waals surface area contributed by atoms with Crippen LogP contribution in [0.2, 0.25) is 0 Å². The number of urea groups is 1. The molecule has 42 heavy (non-hydrogen) atoms. The van der Waals surface area contributed by atoms with Crippen LogP contribution in [0.15, 0.2) is 97.3 Å². The van der Waals surface area contributed by atoms with Gasteiger partial charge in [0, 0.05) is 35.0 Å². The van der Waals surface area contributed by atoms with Gasteiger partial charge in [0.25, 0.3) is 5.91 Å². The molecule has 2 unspecified atom stereocenters. The van der Waals surface area contributed by atoms with Crippen LogP contribution in [0.4, 0.5) is 23.7 Å². The van der Waals surface area contributed by atoms with Crippen LogP contribution in [0.3, 0.4) is 0 Å². The maximum Gasteiger partial charge on any atom is 0.573 e. The molecule has 0 bridgehead atoms. The highest BCUT2D eigenvalue weighted by Gasteiger charge is 2.59. The summed E-state index contributed by atoms with van der Waals surface area (Å²) in [6.45, 7) is 3.78. The molecular formula is C32H25F3N4O3. The van der Waals surface area contributed by atoms with Crippen LogP contribution in [0.1, 0.15) is 36.8 Å². The van der Waals surface area contributed by atoms with Gasteiger partial charge in [0.05, 0.1) is 16.7 Å². The molecule has 1 N–H and O–H groups in total. The molecule has 2 aromatic heterocycles. The highest BCUT2D eigenvalue weighted by molar-refractivity contribution is 6.24. The van der Waals surface area contributed by atoms with E-state index in [0.29, 0.717) is 0 Å². The summed E-state index contributed by atoms with van der Waals surface area (Å²) in [4.78, 5) is 38.2. The summed E-state index contributed by atoms with van der Waals surface area (Å²) in [5, 5.41) is 4.71. The molecule has 7 nitrogen and oxygen atoms in total. The number of anilines is 1. The molecule has 212 valence electrons. The van der Waals surface area contributed by atoms with Crippen molar-refractivity contribution in [2.24, 2.45) is 0 Å². The van der Waals surface area contributed by atoms with Crippen molar-refractivity contribution in [1.29, 1.82) is 0 Å². The molecule has 3 amide bonds. The first-order valence-electron chi connectivity index (χ1n) is 13.3. The molecule has 1 fully saturated rings. The van der Waals surface area contributed by atoms with Crippen molar-refractivity contribution in [2.45, 2.75) is 37.6 Å². The Morgan fingerprint density at radius 3 is 1.76 bits per heavy atom. The molecule has 10 heteroatoms. The standard InChI is InChI=1S/C32H25F3N4O3/c1-19(23-15-17-36-27-9-5-3-7-25(23)27)31(20(2)24-16-18-37-28-10-6-4-8-26(24)28)29(40)39(30(41)38-31)21-11-13-22(14-12-21)42-32(33,34)35/h3-20H,1-2H3,(H,38,41). The summed E-state index contributed by atoms with van der Waals surface area (Å²) in [5.41, 5.74) is 1.76.